The van der Waals surface area contributed by atoms with Gasteiger partial charge in [0.2, 0.25) is 0 Å². The van der Waals surface area contributed by atoms with Crippen molar-refractivity contribution in [2.24, 2.45) is 7.05 Å². The van der Waals surface area contributed by atoms with Crippen LogP contribution < -0.4 is 15.2 Å². The van der Waals surface area contributed by atoms with Gasteiger partial charge in [-0.15, -0.1) is 0 Å². The first kappa shape index (κ1) is 17.9. The Hall–Kier alpha value is -2.95. The molecule has 0 aliphatic rings. The lowest BCUT2D eigenvalue weighted by molar-refractivity contribution is 0.278. The van der Waals surface area contributed by atoms with Gasteiger partial charge in [0, 0.05) is 23.2 Å². The number of aromatic amines is 1. The minimum atomic E-state index is -0.332. The second-order valence-electron chi connectivity index (χ2n) is 5.24. The molecule has 26 heavy (non-hydrogen) atoms. The number of ether oxygens (including phenoxy) is 2. The highest BCUT2D eigenvalue weighted by molar-refractivity contribution is 6.31. The number of hydrogen-bond acceptors (Lipinski definition) is 4. The van der Waals surface area contributed by atoms with E-state index in [1.807, 2.05) is 0 Å². The number of nitrogens with zero attached hydrogens (tertiary/aromatic N) is 3. The van der Waals surface area contributed by atoms with E-state index in [0.29, 0.717) is 38.8 Å². The van der Waals surface area contributed by atoms with Crippen LogP contribution in [0.3, 0.4) is 0 Å². The number of benzene rings is 2. The SMILES string of the molecule is [C-]#[N+]c1cc(Cl)cc(Oc2cc(Cl)ccc2OCc2n[nH]c(=O)n2C)c1. The van der Waals surface area contributed by atoms with Gasteiger partial charge in [0.15, 0.2) is 23.0 Å². The summed E-state index contributed by atoms with van der Waals surface area (Å²) >= 11 is 12.0. The van der Waals surface area contributed by atoms with Crippen molar-refractivity contribution in [1.82, 2.24) is 14.8 Å². The van der Waals surface area contributed by atoms with Gasteiger partial charge in [-0.25, -0.2) is 14.7 Å². The number of halogens is 2. The van der Waals surface area contributed by atoms with Gasteiger partial charge < -0.3 is 9.47 Å². The molecule has 0 unspecified atom stereocenters. The normalized spacial score (nSPS) is 10.4. The van der Waals surface area contributed by atoms with Crippen LogP contribution in [0.15, 0.2) is 41.2 Å². The van der Waals surface area contributed by atoms with Crippen molar-refractivity contribution >= 4 is 28.9 Å². The Balaban J connectivity index is 1.86. The highest BCUT2D eigenvalue weighted by Crippen LogP contribution is 2.36. The lowest BCUT2D eigenvalue weighted by Gasteiger charge is -2.13. The summed E-state index contributed by atoms with van der Waals surface area (Å²) in [5.41, 5.74) is 0.0188. The fourth-order valence-electron chi connectivity index (χ4n) is 2.13. The van der Waals surface area contributed by atoms with E-state index < -0.39 is 0 Å². The van der Waals surface area contributed by atoms with Crippen molar-refractivity contribution in [3.63, 3.8) is 0 Å². The smallest absolute Gasteiger partial charge is 0.343 e. The van der Waals surface area contributed by atoms with Crippen molar-refractivity contribution in [1.29, 1.82) is 0 Å². The monoisotopic (exact) mass is 390 g/mol. The van der Waals surface area contributed by atoms with E-state index in [1.54, 1.807) is 37.4 Å². The topological polar surface area (TPSA) is 73.5 Å². The van der Waals surface area contributed by atoms with E-state index in [-0.39, 0.29) is 12.3 Å². The first-order valence-corrected chi connectivity index (χ1v) is 8.10. The lowest BCUT2D eigenvalue weighted by atomic mass is 10.3. The zero-order valence-electron chi connectivity index (χ0n) is 13.5. The Bertz CT molecular complexity index is 1050. The van der Waals surface area contributed by atoms with E-state index >= 15 is 0 Å². The molecular formula is C17H12Cl2N4O3. The van der Waals surface area contributed by atoms with Crippen molar-refractivity contribution in [2.45, 2.75) is 6.61 Å². The third kappa shape index (κ3) is 3.99. The van der Waals surface area contributed by atoms with Gasteiger partial charge in [-0.1, -0.05) is 23.2 Å². The van der Waals surface area contributed by atoms with Gasteiger partial charge in [0.25, 0.3) is 0 Å². The van der Waals surface area contributed by atoms with Crippen LogP contribution in [0.5, 0.6) is 17.2 Å². The van der Waals surface area contributed by atoms with Gasteiger partial charge in [0.1, 0.15) is 12.4 Å². The maximum atomic E-state index is 11.4. The molecule has 0 fully saturated rings. The van der Waals surface area contributed by atoms with Crippen LogP contribution in [0.1, 0.15) is 5.82 Å². The van der Waals surface area contributed by atoms with Crippen LogP contribution in [0.2, 0.25) is 10.0 Å². The van der Waals surface area contributed by atoms with Crippen LogP contribution >= 0.6 is 23.2 Å². The molecule has 0 radical (unpaired) electrons. The molecular weight excluding hydrogens is 379 g/mol. The Morgan fingerprint density at radius 1 is 1.19 bits per heavy atom. The standard InChI is InChI=1S/C17H12Cl2N4O3/c1-20-12-5-11(19)6-13(8-12)26-15-7-10(18)3-4-14(15)25-9-16-21-22-17(24)23(16)2/h3-8H,9H2,2H3,(H,22,24). The minimum absolute atomic E-state index is 0.0517. The van der Waals surface area contributed by atoms with Crippen LogP contribution in [0, 0.1) is 6.57 Å². The minimum Gasteiger partial charge on any atom is -0.482 e. The van der Waals surface area contributed by atoms with Crippen molar-refractivity contribution < 1.29 is 9.47 Å². The summed E-state index contributed by atoms with van der Waals surface area (Å²) in [6.07, 6.45) is 0. The molecule has 0 amide bonds. The Labute approximate surface area is 158 Å². The average molecular weight is 391 g/mol. The second-order valence-corrected chi connectivity index (χ2v) is 6.12. The summed E-state index contributed by atoms with van der Waals surface area (Å²) in [5, 5.41) is 7.05. The summed E-state index contributed by atoms with van der Waals surface area (Å²) < 4.78 is 12.9. The highest BCUT2D eigenvalue weighted by atomic mass is 35.5. The molecule has 0 aliphatic carbocycles. The quantitative estimate of drug-likeness (QED) is 0.657. The van der Waals surface area contributed by atoms with Crippen molar-refractivity contribution in [3.05, 3.63) is 74.2 Å². The molecule has 1 N–H and O–H groups in total. The number of aromatic nitrogens is 3. The van der Waals surface area contributed by atoms with Crippen molar-refractivity contribution in [3.8, 4) is 17.2 Å². The predicted octanol–water partition coefficient (Wildman–Crippen LogP) is 4.34. The molecule has 3 aromatic rings. The Morgan fingerprint density at radius 2 is 2.00 bits per heavy atom. The summed E-state index contributed by atoms with van der Waals surface area (Å²) in [6, 6.07) is 9.55. The lowest BCUT2D eigenvalue weighted by Crippen LogP contribution is -2.15. The first-order chi connectivity index (χ1) is 12.5. The third-order valence-corrected chi connectivity index (χ3v) is 3.90. The molecule has 7 nitrogen and oxygen atoms in total. The molecule has 0 bridgehead atoms. The molecule has 0 aliphatic heterocycles. The van der Waals surface area contributed by atoms with E-state index in [9.17, 15) is 4.79 Å². The number of hydrogen-bond donors (Lipinski definition) is 1. The van der Waals surface area contributed by atoms with Gasteiger partial charge in [-0.05, 0) is 30.3 Å². The average Bonchev–Trinajstić information content (AvgIpc) is 2.92. The maximum absolute atomic E-state index is 11.4. The molecule has 0 saturated carbocycles. The predicted molar refractivity (Wildman–Crippen MR) is 97.4 cm³/mol. The van der Waals surface area contributed by atoms with E-state index in [2.05, 4.69) is 15.0 Å². The van der Waals surface area contributed by atoms with Crippen molar-refractivity contribution in [2.75, 3.05) is 0 Å². The van der Waals surface area contributed by atoms with Crippen LogP contribution in [-0.4, -0.2) is 14.8 Å². The second kappa shape index (κ2) is 7.52. The molecule has 0 saturated heterocycles. The molecule has 2 aromatic carbocycles. The fourth-order valence-corrected chi connectivity index (χ4v) is 2.51. The molecule has 9 heteroatoms. The Kier molecular flexibility index (Phi) is 5.16. The summed E-state index contributed by atoms with van der Waals surface area (Å²) in [5.74, 6) is 1.54. The van der Waals surface area contributed by atoms with Crippen LogP contribution in [0.4, 0.5) is 5.69 Å². The summed E-state index contributed by atoms with van der Waals surface area (Å²) in [7, 11) is 1.58. The van der Waals surface area contributed by atoms with Gasteiger partial charge in [-0.2, -0.15) is 5.10 Å². The zero-order chi connectivity index (χ0) is 18.7. The van der Waals surface area contributed by atoms with E-state index in [1.165, 1.54) is 10.6 Å². The molecule has 0 atom stereocenters. The summed E-state index contributed by atoms with van der Waals surface area (Å²) in [6.45, 7) is 7.16. The van der Waals surface area contributed by atoms with Gasteiger partial charge in [-0.3, -0.25) is 4.57 Å². The van der Waals surface area contributed by atoms with Gasteiger partial charge >= 0.3 is 5.69 Å². The van der Waals surface area contributed by atoms with E-state index in [0.717, 1.165) is 0 Å². The third-order valence-electron chi connectivity index (χ3n) is 3.45. The highest BCUT2D eigenvalue weighted by Gasteiger charge is 2.11. The molecule has 1 aromatic heterocycles. The molecule has 3 rings (SSSR count). The first-order valence-electron chi connectivity index (χ1n) is 7.35. The van der Waals surface area contributed by atoms with Crippen LogP contribution in [-0.2, 0) is 13.7 Å². The molecule has 1 heterocycles. The fraction of sp³-hybridized carbons (Fsp3) is 0.118. The summed E-state index contributed by atoms with van der Waals surface area (Å²) in [4.78, 5) is 14.8. The number of nitrogens with one attached hydrogen (secondary N) is 1. The maximum Gasteiger partial charge on any atom is 0.343 e. The Morgan fingerprint density at radius 3 is 2.69 bits per heavy atom. The molecule has 132 valence electrons. The zero-order valence-corrected chi connectivity index (χ0v) is 15.0. The van der Waals surface area contributed by atoms with Crippen LogP contribution in [0.25, 0.3) is 4.85 Å². The number of H-pyrrole nitrogens is 1. The number of rotatable bonds is 5. The molecule has 0 spiro atoms. The van der Waals surface area contributed by atoms with E-state index in [4.69, 9.17) is 39.2 Å². The van der Waals surface area contributed by atoms with Gasteiger partial charge in [0.05, 0.1) is 6.57 Å². The largest absolute Gasteiger partial charge is 0.482 e.